The van der Waals surface area contributed by atoms with Gasteiger partial charge in [0, 0.05) is 18.1 Å². The third-order valence-corrected chi connectivity index (χ3v) is 3.89. The van der Waals surface area contributed by atoms with Crippen molar-refractivity contribution >= 4 is 0 Å². The van der Waals surface area contributed by atoms with Gasteiger partial charge < -0.3 is 15.3 Å². The number of aliphatic hydroxyl groups excluding tert-OH is 1. The molecule has 0 aromatic heterocycles. The standard InChI is InChI=1S/C14H30N2O/c1-5-8-15-14(3,11-17)9-12(2)16(4)10-13-6-7-13/h12-13,15,17H,5-11H2,1-4H3. The van der Waals surface area contributed by atoms with E-state index in [0.717, 1.165) is 25.3 Å². The molecule has 1 fully saturated rings. The second kappa shape index (κ2) is 6.72. The van der Waals surface area contributed by atoms with Gasteiger partial charge in [0.15, 0.2) is 0 Å². The summed E-state index contributed by atoms with van der Waals surface area (Å²) in [6.07, 6.45) is 4.93. The van der Waals surface area contributed by atoms with Gasteiger partial charge in [-0.25, -0.2) is 0 Å². The lowest BCUT2D eigenvalue weighted by atomic mass is 9.93. The molecule has 2 atom stereocenters. The van der Waals surface area contributed by atoms with Crippen molar-refractivity contribution in [2.75, 3.05) is 26.7 Å². The average Bonchev–Trinajstić information content (AvgIpc) is 3.10. The fourth-order valence-electron chi connectivity index (χ4n) is 2.31. The Hall–Kier alpha value is -0.120. The third kappa shape index (κ3) is 5.36. The second-order valence-corrected chi connectivity index (χ2v) is 6.08. The maximum atomic E-state index is 9.56. The van der Waals surface area contributed by atoms with Crippen LogP contribution in [-0.2, 0) is 0 Å². The van der Waals surface area contributed by atoms with Crippen molar-refractivity contribution in [3.63, 3.8) is 0 Å². The van der Waals surface area contributed by atoms with Crippen LogP contribution < -0.4 is 5.32 Å². The molecule has 3 nitrogen and oxygen atoms in total. The highest BCUT2D eigenvalue weighted by Gasteiger charge is 2.29. The van der Waals surface area contributed by atoms with E-state index in [2.05, 4.69) is 38.0 Å². The molecule has 1 saturated carbocycles. The van der Waals surface area contributed by atoms with E-state index in [4.69, 9.17) is 0 Å². The Balaban J connectivity index is 2.35. The quantitative estimate of drug-likeness (QED) is 0.648. The average molecular weight is 242 g/mol. The van der Waals surface area contributed by atoms with Gasteiger partial charge >= 0.3 is 0 Å². The SMILES string of the molecule is CCCNC(C)(CO)CC(C)N(C)CC1CC1. The highest BCUT2D eigenvalue weighted by atomic mass is 16.3. The molecule has 0 heterocycles. The maximum Gasteiger partial charge on any atom is 0.0611 e. The number of nitrogens with one attached hydrogen (secondary N) is 1. The molecular formula is C14H30N2O. The molecule has 3 heteroatoms. The Bertz CT molecular complexity index is 218. The van der Waals surface area contributed by atoms with Gasteiger partial charge in [-0.2, -0.15) is 0 Å². The molecule has 102 valence electrons. The molecule has 2 unspecified atom stereocenters. The van der Waals surface area contributed by atoms with E-state index in [1.165, 1.54) is 19.4 Å². The van der Waals surface area contributed by atoms with Gasteiger partial charge in [0.05, 0.1) is 6.61 Å². The van der Waals surface area contributed by atoms with Gasteiger partial charge in [0.25, 0.3) is 0 Å². The fourth-order valence-corrected chi connectivity index (χ4v) is 2.31. The molecule has 0 bridgehead atoms. The predicted molar refractivity (Wildman–Crippen MR) is 73.2 cm³/mol. The molecule has 0 radical (unpaired) electrons. The minimum Gasteiger partial charge on any atom is -0.394 e. The lowest BCUT2D eigenvalue weighted by Gasteiger charge is -2.35. The van der Waals surface area contributed by atoms with E-state index in [0.29, 0.717) is 6.04 Å². The van der Waals surface area contributed by atoms with Crippen LogP contribution in [0, 0.1) is 5.92 Å². The van der Waals surface area contributed by atoms with Crippen LogP contribution in [0.5, 0.6) is 0 Å². The zero-order valence-electron chi connectivity index (χ0n) is 12.0. The van der Waals surface area contributed by atoms with Gasteiger partial charge in [-0.1, -0.05) is 6.92 Å². The molecule has 17 heavy (non-hydrogen) atoms. The summed E-state index contributed by atoms with van der Waals surface area (Å²) in [6, 6.07) is 0.525. The zero-order valence-corrected chi connectivity index (χ0v) is 12.0. The lowest BCUT2D eigenvalue weighted by Crippen LogP contribution is -2.50. The first-order valence-electron chi connectivity index (χ1n) is 7.07. The Kier molecular flexibility index (Phi) is 5.90. The Labute approximate surface area is 107 Å². The van der Waals surface area contributed by atoms with Crippen LogP contribution in [-0.4, -0.2) is 48.3 Å². The highest BCUT2D eigenvalue weighted by molar-refractivity contribution is 4.87. The monoisotopic (exact) mass is 242 g/mol. The summed E-state index contributed by atoms with van der Waals surface area (Å²) >= 11 is 0. The van der Waals surface area contributed by atoms with Crippen LogP contribution in [0.4, 0.5) is 0 Å². The van der Waals surface area contributed by atoms with Crippen LogP contribution in [0.1, 0.15) is 46.5 Å². The molecule has 1 rings (SSSR count). The third-order valence-electron chi connectivity index (χ3n) is 3.89. The topological polar surface area (TPSA) is 35.5 Å². The summed E-state index contributed by atoms with van der Waals surface area (Å²) in [7, 11) is 2.21. The number of rotatable bonds is 9. The Morgan fingerprint density at radius 2 is 2.12 bits per heavy atom. The largest absolute Gasteiger partial charge is 0.394 e. The molecule has 0 aromatic rings. The van der Waals surface area contributed by atoms with Crippen molar-refractivity contribution < 1.29 is 5.11 Å². The van der Waals surface area contributed by atoms with Crippen LogP contribution in [0.25, 0.3) is 0 Å². The fraction of sp³-hybridized carbons (Fsp3) is 1.00. The molecule has 0 spiro atoms. The Morgan fingerprint density at radius 3 is 2.59 bits per heavy atom. The van der Waals surface area contributed by atoms with Gasteiger partial charge in [-0.15, -0.1) is 0 Å². The summed E-state index contributed by atoms with van der Waals surface area (Å²) in [6.45, 7) is 8.97. The van der Waals surface area contributed by atoms with E-state index in [-0.39, 0.29) is 12.1 Å². The van der Waals surface area contributed by atoms with E-state index in [1.54, 1.807) is 0 Å². The van der Waals surface area contributed by atoms with Crippen molar-refractivity contribution in [2.24, 2.45) is 5.92 Å². The summed E-state index contributed by atoms with van der Waals surface area (Å²) < 4.78 is 0. The number of nitrogens with zero attached hydrogens (tertiary/aromatic N) is 1. The lowest BCUT2D eigenvalue weighted by molar-refractivity contribution is 0.124. The van der Waals surface area contributed by atoms with Crippen molar-refractivity contribution in [1.29, 1.82) is 0 Å². The van der Waals surface area contributed by atoms with E-state index < -0.39 is 0 Å². The van der Waals surface area contributed by atoms with Crippen molar-refractivity contribution in [3.8, 4) is 0 Å². The normalized spacial score (nSPS) is 21.5. The van der Waals surface area contributed by atoms with E-state index >= 15 is 0 Å². The highest BCUT2D eigenvalue weighted by Crippen LogP contribution is 2.30. The van der Waals surface area contributed by atoms with Gasteiger partial charge in [0.2, 0.25) is 0 Å². The van der Waals surface area contributed by atoms with E-state index in [1.807, 2.05) is 0 Å². The van der Waals surface area contributed by atoms with Crippen molar-refractivity contribution in [1.82, 2.24) is 10.2 Å². The molecule has 1 aliphatic carbocycles. The van der Waals surface area contributed by atoms with Crippen LogP contribution in [0.3, 0.4) is 0 Å². The van der Waals surface area contributed by atoms with Gasteiger partial charge in [0.1, 0.15) is 0 Å². The summed E-state index contributed by atoms with van der Waals surface area (Å²) in [5, 5.41) is 13.0. The van der Waals surface area contributed by atoms with Gasteiger partial charge in [-0.05, 0) is 59.0 Å². The summed E-state index contributed by atoms with van der Waals surface area (Å²) in [5.41, 5.74) is -0.132. The van der Waals surface area contributed by atoms with Crippen LogP contribution in [0.2, 0.25) is 0 Å². The second-order valence-electron chi connectivity index (χ2n) is 6.08. The smallest absolute Gasteiger partial charge is 0.0611 e. The molecule has 0 aliphatic heterocycles. The van der Waals surface area contributed by atoms with Gasteiger partial charge in [-0.3, -0.25) is 0 Å². The predicted octanol–water partition coefficient (Wildman–Crippen LogP) is 1.86. The molecule has 1 aliphatic rings. The number of hydrogen-bond acceptors (Lipinski definition) is 3. The first-order valence-corrected chi connectivity index (χ1v) is 7.07. The summed E-state index contributed by atoms with van der Waals surface area (Å²) in [5.74, 6) is 0.937. The van der Waals surface area contributed by atoms with Crippen LogP contribution >= 0.6 is 0 Å². The maximum absolute atomic E-state index is 9.56. The van der Waals surface area contributed by atoms with E-state index in [9.17, 15) is 5.11 Å². The van der Waals surface area contributed by atoms with Crippen molar-refractivity contribution in [2.45, 2.75) is 58.0 Å². The number of hydrogen-bond donors (Lipinski definition) is 2. The Morgan fingerprint density at radius 1 is 1.47 bits per heavy atom. The van der Waals surface area contributed by atoms with Crippen LogP contribution in [0.15, 0.2) is 0 Å². The first-order chi connectivity index (χ1) is 8.00. The molecular weight excluding hydrogens is 212 g/mol. The number of aliphatic hydroxyl groups is 1. The molecule has 2 N–H and O–H groups in total. The first kappa shape index (κ1) is 14.9. The minimum absolute atomic E-state index is 0.132. The molecule has 0 amide bonds. The summed E-state index contributed by atoms with van der Waals surface area (Å²) in [4.78, 5) is 2.44. The zero-order chi connectivity index (χ0) is 12.9. The molecule has 0 saturated heterocycles. The minimum atomic E-state index is -0.132. The van der Waals surface area contributed by atoms with Crippen molar-refractivity contribution in [3.05, 3.63) is 0 Å². The molecule has 0 aromatic carbocycles.